The van der Waals surface area contributed by atoms with Crippen LogP contribution in [0.2, 0.25) is 0 Å². The number of benzene rings is 3. The maximum absolute atomic E-state index is 12.4. The average Bonchev–Trinajstić information content (AvgIpc) is 2.80. The maximum atomic E-state index is 12.4. The number of para-hydroxylation sites is 2. The topological polar surface area (TPSA) is 53.0 Å². The highest BCUT2D eigenvalue weighted by atomic mass is 16.5. The molecule has 0 aliphatic carbocycles. The number of rotatable bonds is 6. The number of phenols is 1. The number of carbonyl (C=O) groups excluding carboxylic acids is 1. The Balaban J connectivity index is 1.27. The molecular formula is C25H26N2O3. The Morgan fingerprint density at radius 3 is 2.13 bits per heavy atom. The van der Waals surface area contributed by atoms with Gasteiger partial charge in [0.15, 0.2) is 18.1 Å². The smallest absolute Gasteiger partial charge is 0.260 e. The Bertz CT molecular complexity index is 965. The molecule has 3 aromatic rings. The zero-order valence-corrected chi connectivity index (χ0v) is 16.9. The first-order chi connectivity index (χ1) is 14.7. The monoisotopic (exact) mass is 402 g/mol. The summed E-state index contributed by atoms with van der Waals surface area (Å²) in [7, 11) is 0. The Labute approximate surface area is 177 Å². The van der Waals surface area contributed by atoms with Gasteiger partial charge in [-0.05, 0) is 41.8 Å². The van der Waals surface area contributed by atoms with E-state index >= 15 is 0 Å². The quantitative estimate of drug-likeness (QED) is 0.683. The highest BCUT2D eigenvalue weighted by molar-refractivity contribution is 5.78. The van der Waals surface area contributed by atoms with Crippen molar-refractivity contribution in [2.75, 3.05) is 37.7 Å². The van der Waals surface area contributed by atoms with Crippen LogP contribution in [0, 0.1) is 0 Å². The van der Waals surface area contributed by atoms with Crippen LogP contribution in [-0.2, 0) is 11.2 Å². The molecule has 1 saturated heterocycles. The largest absolute Gasteiger partial charge is 0.504 e. The van der Waals surface area contributed by atoms with E-state index in [1.54, 1.807) is 24.3 Å². The molecule has 1 fully saturated rings. The standard InChI is InChI=1S/C25H26N2O3/c28-23-8-4-5-9-24(23)30-19-25(29)27-16-14-26(15-17-27)22-12-10-21(11-13-22)18-20-6-2-1-3-7-20/h1-13,28H,14-19H2. The van der Waals surface area contributed by atoms with Crippen molar-refractivity contribution < 1.29 is 14.6 Å². The first-order valence-corrected chi connectivity index (χ1v) is 10.3. The average molecular weight is 402 g/mol. The van der Waals surface area contributed by atoms with Gasteiger partial charge in [-0.1, -0.05) is 54.6 Å². The van der Waals surface area contributed by atoms with Crippen molar-refractivity contribution in [1.29, 1.82) is 0 Å². The number of anilines is 1. The molecule has 0 spiro atoms. The summed E-state index contributed by atoms with van der Waals surface area (Å²) in [4.78, 5) is 16.6. The van der Waals surface area contributed by atoms with E-state index in [4.69, 9.17) is 4.74 Å². The molecule has 5 nitrogen and oxygen atoms in total. The first kappa shape index (κ1) is 19.8. The van der Waals surface area contributed by atoms with Crippen LogP contribution >= 0.6 is 0 Å². The molecule has 0 aromatic heterocycles. The van der Waals surface area contributed by atoms with Gasteiger partial charge in [-0.15, -0.1) is 0 Å². The summed E-state index contributed by atoms with van der Waals surface area (Å²) in [6.45, 7) is 2.84. The number of hydrogen-bond donors (Lipinski definition) is 1. The number of phenolic OH excluding ortho intramolecular Hbond substituents is 1. The minimum Gasteiger partial charge on any atom is -0.504 e. The van der Waals surface area contributed by atoms with Gasteiger partial charge in [-0.3, -0.25) is 4.79 Å². The maximum Gasteiger partial charge on any atom is 0.260 e. The number of piperazine rings is 1. The summed E-state index contributed by atoms with van der Waals surface area (Å²) in [6, 6.07) is 25.8. The van der Waals surface area contributed by atoms with Crippen molar-refractivity contribution in [2.24, 2.45) is 0 Å². The molecule has 1 amide bonds. The van der Waals surface area contributed by atoms with E-state index in [0.717, 1.165) is 19.5 Å². The Hall–Kier alpha value is -3.47. The third kappa shape index (κ3) is 4.92. The van der Waals surface area contributed by atoms with Crippen LogP contribution in [0.15, 0.2) is 78.9 Å². The number of aromatic hydroxyl groups is 1. The van der Waals surface area contributed by atoms with Crippen LogP contribution in [0.3, 0.4) is 0 Å². The van der Waals surface area contributed by atoms with Gasteiger partial charge in [0, 0.05) is 31.9 Å². The second-order valence-electron chi connectivity index (χ2n) is 7.45. The van der Waals surface area contributed by atoms with Gasteiger partial charge in [0.25, 0.3) is 5.91 Å². The van der Waals surface area contributed by atoms with E-state index in [1.807, 2.05) is 11.0 Å². The van der Waals surface area contributed by atoms with Crippen LogP contribution in [-0.4, -0.2) is 48.7 Å². The zero-order valence-electron chi connectivity index (χ0n) is 16.9. The number of hydrogen-bond acceptors (Lipinski definition) is 4. The summed E-state index contributed by atoms with van der Waals surface area (Å²) in [5, 5.41) is 9.74. The number of ether oxygens (including phenoxy) is 1. The molecule has 1 aliphatic heterocycles. The fourth-order valence-corrected chi connectivity index (χ4v) is 3.68. The minimum absolute atomic E-state index is 0.0471. The Morgan fingerprint density at radius 2 is 1.43 bits per heavy atom. The van der Waals surface area contributed by atoms with E-state index in [-0.39, 0.29) is 18.3 Å². The van der Waals surface area contributed by atoms with E-state index in [2.05, 4.69) is 53.4 Å². The molecule has 0 saturated carbocycles. The van der Waals surface area contributed by atoms with Crippen LogP contribution in [0.4, 0.5) is 5.69 Å². The van der Waals surface area contributed by atoms with Crippen LogP contribution in [0.25, 0.3) is 0 Å². The lowest BCUT2D eigenvalue weighted by Gasteiger charge is -2.36. The molecule has 3 aromatic carbocycles. The molecule has 154 valence electrons. The Morgan fingerprint density at radius 1 is 0.800 bits per heavy atom. The molecular weight excluding hydrogens is 376 g/mol. The van der Waals surface area contributed by atoms with Crippen molar-refractivity contribution in [1.82, 2.24) is 4.90 Å². The molecule has 4 rings (SSSR count). The van der Waals surface area contributed by atoms with Crippen molar-refractivity contribution in [3.05, 3.63) is 90.0 Å². The molecule has 0 bridgehead atoms. The van der Waals surface area contributed by atoms with E-state index in [0.29, 0.717) is 18.8 Å². The SMILES string of the molecule is O=C(COc1ccccc1O)N1CCN(c2ccc(Cc3ccccc3)cc2)CC1. The zero-order chi connectivity index (χ0) is 20.8. The second kappa shape index (κ2) is 9.35. The predicted molar refractivity (Wildman–Crippen MR) is 118 cm³/mol. The lowest BCUT2D eigenvalue weighted by molar-refractivity contribution is -0.133. The summed E-state index contributed by atoms with van der Waals surface area (Å²) in [5.41, 5.74) is 3.79. The molecule has 1 aliphatic rings. The molecule has 1 heterocycles. The molecule has 30 heavy (non-hydrogen) atoms. The number of nitrogens with zero attached hydrogens (tertiary/aromatic N) is 2. The summed E-state index contributed by atoms with van der Waals surface area (Å²) < 4.78 is 5.47. The fraction of sp³-hybridized carbons (Fsp3) is 0.240. The van der Waals surface area contributed by atoms with Gasteiger partial charge in [0.2, 0.25) is 0 Å². The van der Waals surface area contributed by atoms with Crippen LogP contribution in [0.5, 0.6) is 11.5 Å². The molecule has 1 N–H and O–H groups in total. The van der Waals surface area contributed by atoms with Gasteiger partial charge < -0.3 is 19.6 Å². The molecule has 0 unspecified atom stereocenters. The fourth-order valence-electron chi connectivity index (χ4n) is 3.68. The first-order valence-electron chi connectivity index (χ1n) is 10.3. The summed E-state index contributed by atoms with van der Waals surface area (Å²) >= 11 is 0. The molecule has 0 atom stereocenters. The van der Waals surface area contributed by atoms with Crippen molar-refractivity contribution in [3.8, 4) is 11.5 Å². The third-order valence-electron chi connectivity index (χ3n) is 5.40. The minimum atomic E-state index is -0.0637. The van der Waals surface area contributed by atoms with Crippen LogP contribution < -0.4 is 9.64 Å². The van der Waals surface area contributed by atoms with Crippen molar-refractivity contribution in [2.45, 2.75) is 6.42 Å². The predicted octanol–water partition coefficient (Wildman–Crippen LogP) is 3.71. The highest BCUT2D eigenvalue weighted by Crippen LogP contribution is 2.24. The van der Waals surface area contributed by atoms with E-state index < -0.39 is 0 Å². The van der Waals surface area contributed by atoms with Crippen molar-refractivity contribution in [3.63, 3.8) is 0 Å². The summed E-state index contributed by atoms with van der Waals surface area (Å²) in [5.74, 6) is 0.321. The highest BCUT2D eigenvalue weighted by Gasteiger charge is 2.22. The third-order valence-corrected chi connectivity index (χ3v) is 5.40. The number of amides is 1. The van der Waals surface area contributed by atoms with Gasteiger partial charge in [-0.25, -0.2) is 0 Å². The lowest BCUT2D eigenvalue weighted by Crippen LogP contribution is -2.50. The molecule has 5 heteroatoms. The second-order valence-corrected chi connectivity index (χ2v) is 7.45. The van der Waals surface area contributed by atoms with E-state index in [9.17, 15) is 9.90 Å². The van der Waals surface area contributed by atoms with Gasteiger partial charge in [0.05, 0.1) is 0 Å². The Kier molecular flexibility index (Phi) is 6.18. The lowest BCUT2D eigenvalue weighted by atomic mass is 10.0. The summed E-state index contributed by atoms with van der Waals surface area (Å²) in [6.07, 6.45) is 0.931. The van der Waals surface area contributed by atoms with Crippen LogP contribution in [0.1, 0.15) is 11.1 Å². The normalized spacial score (nSPS) is 13.9. The van der Waals surface area contributed by atoms with Crippen molar-refractivity contribution >= 4 is 11.6 Å². The van der Waals surface area contributed by atoms with E-state index in [1.165, 1.54) is 16.8 Å². The number of carbonyl (C=O) groups is 1. The molecule has 0 radical (unpaired) electrons. The van der Waals surface area contributed by atoms with Gasteiger partial charge in [0.1, 0.15) is 0 Å². The van der Waals surface area contributed by atoms with Gasteiger partial charge >= 0.3 is 0 Å². The van der Waals surface area contributed by atoms with Gasteiger partial charge in [-0.2, -0.15) is 0 Å².